The quantitative estimate of drug-likeness (QED) is 0.765. The maximum absolute atomic E-state index is 13.4. The van der Waals surface area contributed by atoms with Crippen molar-refractivity contribution >= 4 is 11.8 Å². The van der Waals surface area contributed by atoms with Gasteiger partial charge in [-0.1, -0.05) is 36.4 Å². The van der Waals surface area contributed by atoms with E-state index in [0.29, 0.717) is 17.5 Å². The first-order chi connectivity index (χ1) is 11.6. The predicted molar refractivity (Wildman–Crippen MR) is 86.0 cm³/mol. The van der Waals surface area contributed by atoms with E-state index in [-0.39, 0.29) is 25.3 Å². The molecule has 0 heterocycles. The van der Waals surface area contributed by atoms with Gasteiger partial charge in [-0.15, -0.1) is 0 Å². The minimum absolute atomic E-state index is 0.0218. The van der Waals surface area contributed by atoms with Gasteiger partial charge < -0.3 is 10.6 Å². The van der Waals surface area contributed by atoms with Crippen molar-refractivity contribution in [1.82, 2.24) is 10.6 Å². The largest absolute Gasteiger partial charge is 0.355 e. The van der Waals surface area contributed by atoms with Gasteiger partial charge in [0.2, 0.25) is 11.8 Å². The second-order valence-electron chi connectivity index (χ2n) is 5.24. The van der Waals surface area contributed by atoms with Crippen molar-refractivity contribution in [2.45, 2.75) is 19.4 Å². The smallest absolute Gasteiger partial charge is 0.229 e. The van der Waals surface area contributed by atoms with Gasteiger partial charge in [-0.25, -0.2) is 8.78 Å². The maximum atomic E-state index is 13.4. The minimum atomic E-state index is -0.498. The zero-order valence-corrected chi connectivity index (χ0v) is 13.0. The van der Waals surface area contributed by atoms with Crippen LogP contribution in [0.1, 0.15) is 17.5 Å². The number of amides is 2. The van der Waals surface area contributed by atoms with E-state index in [4.69, 9.17) is 0 Å². The average molecular weight is 332 g/mol. The fourth-order valence-electron chi connectivity index (χ4n) is 2.14. The van der Waals surface area contributed by atoms with Gasteiger partial charge in [-0.05, 0) is 24.1 Å². The van der Waals surface area contributed by atoms with E-state index in [1.54, 1.807) is 36.4 Å². The summed E-state index contributed by atoms with van der Waals surface area (Å²) >= 11 is 0. The Morgan fingerprint density at radius 2 is 1.33 bits per heavy atom. The summed E-state index contributed by atoms with van der Waals surface area (Å²) in [5.74, 6) is -1.69. The molecule has 0 atom stereocenters. The van der Waals surface area contributed by atoms with Crippen LogP contribution < -0.4 is 10.6 Å². The third-order valence-electron chi connectivity index (χ3n) is 3.43. The number of carbonyl (C=O) groups excluding carboxylic acids is 2. The standard InChI is InChI=1S/C18H18F2N2O2/c19-15-7-3-1-5-13(15)9-10-21-17(23)11-18(24)22-12-14-6-2-4-8-16(14)20/h1-8H,9-12H2,(H,21,23)(H,22,24). The van der Waals surface area contributed by atoms with Crippen LogP contribution in [0.5, 0.6) is 0 Å². The van der Waals surface area contributed by atoms with Crippen molar-refractivity contribution < 1.29 is 18.4 Å². The number of hydrogen-bond donors (Lipinski definition) is 2. The summed E-state index contributed by atoms with van der Waals surface area (Å²) in [4.78, 5) is 23.3. The summed E-state index contributed by atoms with van der Waals surface area (Å²) in [6, 6.07) is 12.4. The number of carbonyl (C=O) groups is 2. The molecule has 2 aromatic carbocycles. The lowest BCUT2D eigenvalue weighted by Gasteiger charge is -2.08. The van der Waals surface area contributed by atoms with Crippen LogP contribution in [0.4, 0.5) is 8.78 Å². The van der Waals surface area contributed by atoms with Crippen molar-refractivity contribution in [2.75, 3.05) is 6.54 Å². The number of rotatable bonds is 7. The molecule has 6 heteroatoms. The van der Waals surface area contributed by atoms with Crippen molar-refractivity contribution in [2.24, 2.45) is 0 Å². The fraction of sp³-hybridized carbons (Fsp3) is 0.222. The van der Waals surface area contributed by atoms with E-state index < -0.39 is 17.6 Å². The van der Waals surface area contributed by atoms with Crippen molar-refractivity contribution in [1.29, 1.82) is 0 Å². The first-order valence-electron chi connectivity index (χ1n) is 7.56. The van der Waals surface area contributed by atoms with Crippen LogP contribution in [0, 0.1) is 11.6 Å². The topological polar surface area (TPSA) is 58.2 Å². The highest BCUT2D eigenvalue weighted by Crippen LogP contribution is 2.06. The third kappa shape index (κ3) is 5.46. The highest BCUT2D eigenvalue weighted by molar-refractivity contribution is 5.96. The Morgan fingerprint density at radius 1 is 0.792 bits per heavy atom. The van der Waals surface area contributed by atoms with Crippen LogP contribution in [0.3, 0.4) is 0 Å². The molecule has 0 radical (unpaired) electrons. The number of hydrogen-bond acceptors (Lipinski definition) is 2. The molecule has 24 heavy (non-hydrogen) atoms. The van der Waals surface area contributed by atoms with E-state index in [1.165, 1.54) is 12.1 Å². The van der Waals surface area contributed by atoms with Gasteiger partial charge in [0.15, 0.2) is 0 Å². The van der Waals surface area contributed by atoms with Gasteiger partial charge in [0.1, 0.15) is 18.1 Å². The molecule has 0 unspecified atom stereocenters. The Morgan fingerprint density at radius 3 is 1.96 bits per heavy atom. The maximum Gasteiger partial charge on any atom is 0.229 e. The first kappa shape index (κ1) is 17.6. The van der Waals surface area contributed by atoms with Crippen molar-refractivity contribution in [3.8, 4) is 0 Å². The van der Waals surface area contributed by atoms with Gasteiger partial charge in [0, 0.05) is 18.7 Å². The molecule has 0 aliphatic rings. The van der Waals surface area contributed by atoms with E-state index in [2.05, 4.69) is 10.6 Å². The van der Waals surface area contributed by atoms with Crippen LogP contribution in [0.25, 0.3) is 0 Å². The predicted octanol–water partition coefficient (Wildman–Crippen LogP) is 2.33. The Kier molecular flexibility index (Phi) is 6.42. The van der Waals surface area contributed by atoms with Crippen molar-refractivity contribution in [3.63, 3.8) is 0 Å². The van der Waals surface area contributed by atoms with Gasteiger partial charge in [-0.3, -0.25) is 9.59 Å². The Bertz CT molecular complexity index is 720. The van der Waals surface area contributed by atoms with E-state index >= 15 is 0 Å². The van der Waals surface area contributed by atoms with Crippen LogP contribution in [0.2, 0.25) is 0 Å². The second-order valence-corrected chi connectivity index (χ2v) is 5.24. The molecule has 0 saturated carbocycles. The van der Waals surface area contributed by atoms with Crippen LogP contribution in [-0.4, -0.2) is 18.4 Å². The molecule has 2 amide bonds. The SMILES string of the molecule is O=C(CC(=O)NCc1ccccc1F)NCCc1ccccc1F. The zero-order valence-electron chi connectivity index (χ0n) is 13.0. The Hall–Kier alpha value is -2.76. The lowest BCUT2D eigenvalue weighted by molar-refractivity contribution is -0.129. The lowest BCUT2D eigenvalue weighted by atomic mass is 10.1. The molecule has 0 spiro atoms. The first-order valence-corrected chi connectivity index (χ1v) is 7.56. The molecule has 4 nitrogen and oxygen atoms in total. The molecule has 2 aromatic rings. The van der Waals surface area contributed by atoms with Crippen LogP contribution >= 0.6 is 0 Å². The van der Waals surface area contributed by atoms with Crippen LogP contribution in [0.15, 0.2) is 48.5 Å². The molecule has 0 bridgehead atoms. The summed E-state index contributed by atoms with van der Waals surface area (Å²) in [7, 11) is 0. The molecule has 2 rings (SSSR count). The van der Waals surface area contributed by atoms with Gasteiger partial charge >= 0.3 is 0 Å². The second kappa shape index (κ2) is 8.76. The normalized spacial score (nSPS) is 10.2. The summed E-state index contributed by atoms with van der Waals surface area (Å²) < 4.78 is 26.8. The minimum Gasteiger partial charge on any atom is -0.355 e. The van der Waals surface area contributed by atoms with E-state index in [0.717, 1.165) is 0 Å². The molecule has 0 aliphatic heterocycles. The number of nitrogens with one attached hydrogen (secondary N) is 2. The van der Waals surface area contributed by atoms with Gasteiger partial charge in [0.25, 0.3) is 0 Å². The molecular formula is C18H18F2N2O2. The molecule has 0 fully saturated rings. The molecule has 0 aromatic heterocycles. The molecule has 126 valence electrons. The molecule has 0 saturated heterocycles. The summed E-state index contributed by atoms with van der Waals surface area (Å²) in [5.41, 5.74) is 0.854. The molecule has 2 N–H and O–H groups in total. The third-order valence-corrected chi connectivity index (χ3v) is 3.43. The average Bonchev–Trinajstić information content (AvgIpc) is 2.56. The highest BCUT2D eigenvalue weighted by atomic mass is 19.1. The summed E-state index contributed by atoms with van der Waals surface area (Å²) in [6.45, 7) is 0.258. The van der Waals surface area contributed by atoms with E-state index in [9.17, 15) is 18.4 Å². The number of benzene rings is 2. The Balaban J connectivity index is 1.69. The summed E-state index contributed by atoms with van der Waals surface area (Å²) in [6.07, 6.45) is -0.0129. The summed E-state index contributed by atoms with van der Waals surface area (Å²) in [5, 5.41) is 5.05. The van der Waals surface area contributed by atoms with Crippen LogP contribution in [-0.2, 0) is 22.6 Å². The molecule has 0 aliphatic carbocycles. The molecular weight excluding hydrogens is 314 g/mol. The lowest BCUT2D eigenvalue weighted by Crippen LogP contribution is -2.32. The van der Waals surface area contributed by atoms with Gasteiger partial charge in [-0.2, -0.15) is 0 Å². The van der Waals surface area contributed by atoms with E-state index in [1.807, 2.05) is 0 Å². The number of halogens is 2. The fourth-order valence-corrected chi connectivity index (χ4v) is 2.14. The Labute approximate surface area is 138 Å². The monoisotopic (exact) mass is 332 g/mol. The highest BCUT2D eigenvalue weighted by Gasteiger charge is 2.10. The van der Waals surface area contributed by atoms with Crippen molar-refractivity contribution in [3.05, 3.63) is 71.3 Å². The van der Waals surface area contributed by atoms with Gasteiger partial charge in [0.05, 0.1) is 0 Å². The zero-order chi connectivity index (χ0) is 17.4.